The van der Waals surface area contributed by atoms with Crippen LogP contribution in [0.15, 0.2) is 42.5 Å². The van der Waals surface area contributed by atoms with Gasteiger partial charge in [0.25, 0.3) is 0 Å². The topological polar surface area (TPSA) is 49.8 Å². The monoisotopic (exact) mass is 389 g/mol. The highest BCUT2D eigenvalue weighted by molar-refractivity contribution is 5.88. The van der Waals surface area contributed by atoms with Gasteiger partial charge in [0.15, 0.2) is 0 Å². The van der Waals surface area contributed by atoms with Gasteiger partial charge in [0.2, 0.25) is 0 Å². The summed E-state index contributed by atoms with van der Waals surface area (Å²) >= 11 is 0. The van der Waals surface area contributed by atoms with E-state index in [9.17, 15) is 18.0 Å². The zero-order chi connectivity index (χ0) is 18.0. The van der Waals surface area contributed by atoms with Crippen LogP contribution in [0.5, 0.6) is 5.75 Å². The Morgan fingerprint density at radius 2 is 1.85 bits per heavy atom. The highest BCUT2D eigenvalue weighted by Crippen LogP contribution is 2.37. The number of carboxylic acid groups (broad SMARTS) is 1. The van der Waals surface area contributed by atoms with Gasteiger partial charge < -0.3 is 9.84 Å². The maximum atomic E-state index is 13.0. The number of halogens is 4. The number of likely N-dealkylation sites (tertiary alicyclic amines) is 1. The lowest BCUT2D eigenvalue weighted by molar-refractivity contribution is -0.188. The fourth-order valence-electron chi connectivity index (χ4n) is 3.26. The molecule has 1 heterocycles. The molecule has 3 rings (SSSR count). The molecule has 0 bridgehead atoms. The Morgan fingerprint density at radius 3 is 2.50 bits per heavy atom. The minimum Gasteiger partial charge on any atom is -0.492 e. The van der Waals surface area contributed by atoms with E-state index in [0.717, 1.165) is 10.8 Å². The lowest BCUT2D eigenvalue weighted by Gasteiger charge is -2.18. The molecule has 1 N–H and O–H groups in total. The van der Waals surface area contributed by atoms with Crippen LogP contribution in [0.3, 0.4) is 0 Å². The van der Waals surface area contributed by atoms with Crippen molar-refractivity contribution in [1.82, 2.24) is 4.90 Å². The third-order valence-corrected chi connectivity index (χ3v) is 4.55. The Morgan fingerprint density at radius 1 is 1.15 bits per heavy atom. The van der Waals surface area contributed by atoms with E-state index in [-0.39, 0.29) is 38.6 Å². The molecule has 4 nitrogen and oxygen atoms in total. The second-order valence-corrected chi connectivity index (χ2v) is 6.18. The van der Waals surface area contributed by atoms with Crippen LogP contribution in [0.2, 0.25) is 0 Å². The predicted molar refractivity (Wildman–Crippen MR) is 93.8 cm³/mol. The van der Waals surface area contributed by atoms with Crippen molar-refractivity contribution in [3.05, 3.63) is 42.5 Å². The van der Waals surface area contributed by atoms with E-state index < -0.39 is 24.0 Å². The predicted octanol–water partition coefficient (Wildman–Crippen LogP) is 3.84. The van der Waals surface area contributed by atoms with Crippen LogP contribution in [-0.2, 0) is 4.79 Å². The first kappa shape index (κ1) is 20.3. The summed E-state index contributed by atoms with van der Waals surface area (Å²) in [6, 6.07) is 13.3. The summed E-state index contributed by atoms with van der Waals surface area (Å²) in [4.78, 5) is 12.6. The van der Waals surface area contributed by atoms with Crippen LogP contribution >= 0.6 is 12.4 Å². The molecule has 0 amide bonds. The van der Waals surface area contributed by atoms with Crippen molar-refractivity contribution >= 4 is 29.1 Å². The van der Waals surface area contributed by atoms with E-state index in [4.69, 9.17) is 9.84 Å². The summed E-state index contributed by atoms with van der Waals surface area (Å²) in [5.41, 5.74) is 0. The lowest BCUT2D eigenvalue weighted by atomic mass is 9.96. The molecule has 2 aromatic carbocycles. The summed E-state index contributed by atoms with van der Waals surface area (Å²) in [5, 5.41) is 11.0. The van der Waals surface area contributed by atoms with Gasteiger partial charge >= 0.3 is 12.1 Å². The molecule has 1 aliphatic rings. The maximum Gasteiger partial charge on any atom is 0.393 e. The molecule has 0 radical (unpaired) electrons. The van der Waals surface area contributed by atoms with Gasteiger partial charge in [-0.25, -0.2) is 0 Å². The van der Waals surface area contributed by atoms with Crippen LogP contribution in [0.25, 0.3) is 10.8 Å². The number of benzene rings is 2. The average molecular weight is 390 g/mol. The zero-order valence-electron chi connectivity index (χ0n) is 13.8. The third kappa shape index (κ3) is 4.40. The number of nitrogens with zero attached hydrogens (tertiary/aromatic N) is 1. The number of hydrogen-bond donors (Lipinski definition) is 1. The van der Waals surface area contributed by atoms with Crippen LogP contribution < -0.4 is 4.74 Å². The molecule has 2 aromatic rings. The van der Waals surface area contributed by atoms with Crippen molar-refractivity contribution in [2.45, 2.75) is 6.18 Å². The highest BCUT2D eigenvalue weighted by atomic mass is 35.5. The molecule has 26 heavy (non-hydrogen) atoms. The molecule has 0 saturated carbocycles. The maximum absolute atomic E-state index is 13.0. The standard InChI is InChI=1S/C18H18F3NO3.ClH/c19-18(20,21)15-11-22(10-14(15)17(23)24)8-9-25-16-7-3-5-12-4-1-2-6-13(12)16;/h1-7,14-15H,8-11H2,(H,23,24);1H/t14-,15-;/m1./s1. The van der Waals surface area contributed by atoms with Gasteiger partial charge in [-0.2, -0.15) is 13.2 Å². The Bertz CT molecular complexity index is 763. The molecule has 8 heteroatoms. The molecule has 142 valence electrons. The van der Waals surface area contributed by atoms with Gasteiger partial charge in [0.1, 0.15) is 12.4 Å². The fraction of sp³-hybridized carbons (Fsp3) is 0.389. The first-order valence-corrected chi connectivity index (χ1v) is 7.98. The first-order chi connectivity index (χ1) is 11.9. The molecule has 0 spiro atoms. The second-order valence-electron chi connectivity index (χ2n) is 6.18. The van der Waals surface area contributed by atoms with Crippen molar-refractivity contribution in [3.8, 4) is 5.75 Å². The van der Waals surface area contributed by atoms with Gasteiger partial charge in [0.05, 0.1) is 11.8 Å². The smallest absolute Gasteiger partial charge is 0.393 e. The quantitative estimate of drug-likeness (QED) is 0.844. The number of carbonyl (C=O) groups is 1. The van der Waals surface area contributed by atoms with E-state index in [1.807, 2.05) is 42.5 Å². The number of rotatable bonds is 5. The number of carboxylic acids is 1. The Kier molecular flexibility index (Phi) is 6.36. The Labute approximate surface area is 155 Å². The average Bonchev–Trinajstić information content (AvgIpc) is 3.00. The Balaban J connectivity index is 0.00000243. The van der Waals surface area contributed by atoms with Crippen molar-refractivity contribution in [3.63, 3.8) is 0 Å². The van der Waals surface area contributed by atoms with Crippen LogP contribution in [-0.4, -0.2) is 48.4 Å². The molecular formula is C18H19ClF3NO3. The molecule has 1 aliphatic heterocycles. The minimum absolute atomic E-state index is 0. The second kappa shape index (κ2) is 8.14. The highest BCUT2D eigenvalue weighted by Gasteiger charge is 2.52. The molecule has 0 aromatic heterocycles. The summed E-state index contributed by atoms with van der Waals surface area (Å²) in [6.45, 7) is 0.0300. The number of alkyl halides is 3. The molecular weight excluding hydrogens is 371 g/mol. The number of hydrogen-bond acceptors (Lipinski definition) is 3. The third-order valence-electron chi connectivity index (χ3n) is 4.55. The summed E-state index contributed by atoms with van der Waals surface area (Å²) in [5.74, 6) is -3.99. The molecule has 1 saturated heterocycles. The van der Waals surface area contributed by atoms with E-state index in [0.29, 0.717) is 5.75 Å². The zero-order valence-corrected chi connectivity index (χ0v) is 14.6. The van der Waals surface area contributed by atoms with Crippen molar-refractivity contribution in [2.75, 3.05) is 26.2 Å². The molecule has 0 aliphatic carbocycles. The Hall–Kier alpha value is -1.99. The lowest BCUT2D eigenvalue weighted by Crippen LogP contribution is -2.33. The van der Waals surface area contributed by atoms with E-state index >= 15 is 0 Å². The van der Waals surface area contributed by atoms with Gasteiger partial charge in [-0.3, -0.25) is 9.69 Å². The molecule has 2 atom stereocenters. The summed E-state index contributed by atoms with van der Waals surface area (Å²) in [6.07, 6.45) is -4.51. The van der Waals surface area contributed by atoms with Crippen molar-refractivity contribution in [2.24, 2.45) is 11.8 Å². The van der Waals surface area contributed by atoms with Crippen molar-refractivity contribution < 1.29 is 27.8 Å². The first-order valence-electron chi connectivity index (χ1n) is 7.98. The SMILES string of the molecule is Cl.O=C(O)[C@@H]1CN(CCOc2cccc3ccccc23)C[C@H]1C(F)(F)F. The number of ether oxygens (including phenoxy) is 1. The van der Waals surface area contributed by atoms with Crippen molar-refractivity contribution in [1.29, 1.82) is 0 Å². The largest absolute Gasteiger partial charge is 0.492 e. The fourth-order valence-corrected chi connectivity index (χ4v) is 3.26. The van der Waals surface area contributed by atoms with E-state index in [1.54, 1.807) is 0 Å². The van der Waals surface area contributed by atoms with Crippen LogP contribution in [0.1, 0.15) is 0 Å². The molecule has 1 fully saturated rings. The summed E-state index contributed by atoms with van der Waals surface area (Å²) < 4.78 is 44.7. The number of fused-ring (bicyclic) bond motifs is 1. The normalized spacial score (nSPS) is 20.7. The van der Waals surface area contributed by atoms with E-state index in [2.05, 4.69) is 0 Å². The van der Waals surface area contributed by atoms with Gasteiger partial charge in [0, 0.05) is 25.0 Å². The van der Waals surface area contributed by atoms with Gasteiger partial charge in [-0.15, -0.1) is 12.4 Å². The molecule has 0 unspecified atom stereocenters. The minimum atomic E-state index is -4.51. The van der Waals surface area contributed by atoms with E-state index in [1.165, 1.54) is 4.90 Å². The summed E-state index contributed by atoms with van der Waals surface area (Å²) in [7, 11) is 0. The van der Waals surface area contributed by atoms with Crippen LogP contribution in [0.4, 0.5) is 13.2 Å². The number of aliphatic carboxylic acids is 1. The van der Waals surface area contributed by atoms with Gasteiger partial charge in [-0.05, 0) is 11.5 Å². The van der Waals surface area contributed by atoms with Crippen LogP contribution in [0, 0.1) is 11.8 Å². The van der Waals surface area contributed by atoms with Gasteiger partial charge in [-0.1, -0.05) is 36.4 Å².